The summed E-state index contributed by atoms with van der Waals surface area (Å²) in [6.45, 7) is -0.652. The molecule has 0 saturated heterocycles. The Kier molecular flexibility index (Phi) is 3.49. The molecule has 1 aliphatic rings. The number of rotatable bonds is 4. The maximum atomic E-state index is 9.32. The highest BCUT2D eigenvalue weighted by Gasteiger charge is 2.30. The van der Waals surface area contributed by atoms with E-state index in [-0.39, 0.29) is 12.6 Å². The molecule has 0 amide bonds. The van der Waals surface area contributed by atoms with Gasteiger partial charge in [-0.2, -0.15) is 0 Å². The van der Waals surface area contributed by atoms with Crippen molar-refractivity contribution in [3.63, 3.8) is 0 Å². The highest BCUT2D eigenvalue weighted by atomic mass is 16.7. The van der Waals surface area contributed by atoms with Crippen LogP contribution < -0.4 is 0 Å². The Morgan fingerprint density at radius 1 is 1.38 bits per heavy atom. The Balaban J connectivity index is 2.50. The van der Waals surface area contributed by atoms with E-state index in [2.05, 4.69) is 4.74 Å². The summed E-state index contributed by atoms with van der Waals surface area (Å²) in [6, 6.07) is 0. The lowest BCUT2D eigenvalue weighted by Crippen LogP contribution is -2.40. The summed E-state index contributed by atoms with van der Waals surface area (Å²) < 4.78 is 9.41. The molecule has 1 aliphatic heterocycles. The van der Waals surface area contributed by atoms with Gasteiger partial charge in [0.25, 0.3) is 0 Å². The molecule has 0 radical (unpaired) electrons. The van der Waals surface area contributed by atoms with E-state index in [0.717, 1.165) is 6.26 Å². The smallest absolute Gasteiger partial charge is 0.230 e. The van der Waals surface area contributed by atoms with Crippen LogP contribution in [0, 0.1) is 0 Å². The largest absolute Gasteiger partial charge is 0.462 e. The number of ether oxygens (including phenoxy) is 2. The molecule has 6 heteroatoms. The van der Waals surface area contributed by atoms with Gasteiger partial charge in [0.15, 0.2) is 5.76 Å². The lowest BCUT2D eigenvalue weighted by Gasteiger charge is -2.20. The molecule has 76 valence electrons. The molecule has 0 aromatic heterocycles. The molecule has 13 heavy (non-hydrogen) atoms. The zero-order valence-electron chi connectivity index (χ0n) is 6.83. The lowest BCUT2D eigenvalue weighted by molar-refractivity contribution is -0.0795. The van der Waals surface area contributed by atoms with Crippen LogP contribution in [0.15, 0.2) is 12.0 Å². The van der Waals surface area contributed by atoms with Gasteiger partial charge in [-0.15, -0.1) is 0 Å². The van der Waals surface area contributed by atoms with E-state index >= 15 is 0 Å². The second-order valence-electron chi connectivity index (χ2n) is 2.63. The van der Waals surface area contributed by atoms with Gasteiger partial charge in [0.1, 0.15) is 24.6 Å². The fourth-order valence-electron chi connectivity index (χ4n) is 0.894. The van der Waals surface area contributed by atoms with E-state index in [9.17, 15) is 10.2 Å². The fourth-order valence-corrected chi connectivity index (χ4v) is 0.894. The lowest BCUT2D eigenvalue weighted by atomic mass is 10.1. The minimum atomic E-state index is -1.49. The molecule has 0 fully saturated rings. The number of aliphatic hydroxyl groups is 4. The molecule has 4 N–H and O–H groups in total. The highest BCUT2D eigenvalue weighted by Crippen LogP contribution is 2.15. The molecule has 3 atom stereocenters. The van der Waals surface area contributed by atoms with E-state index in [4.69, 9.17) is 14.9 Å². The first-order chi connectivity index (χ1) is 6.16. The van der Waals surface area contributed by atoms with Crippen LogP contribution in [0.1, 0.15) is 0 Å². The average molecular weight is 192 g/mol. The Morgan fingerprint density at radius 3 is 2.54 bits per heavy atom. The summed E-state index contributed by atoms with van der Waals surface area (Å²) >= 11 is 0. The normalized spacial score (nSPS) is 22.6. The molecule has 0 aliphatic carbocycles. The van der Waals surface area contributed by atoms with Crippen molar-refractivity contribution in [2.24, 2.45) is 0 Å². The maximum absolute atomic E-state index is 9.32. The average Bonchev–Trinajstić information content (AvgIpc) is 2.67. The zero-order chi connectivity index (χ0) is 9.84. The molecule has 0 aromatic rings. The van der Waals surface area contributed by atoms with Crippen molar-refractivity contribution in [3.05, 3.63) is 12.0 Å². The van der Waals surface area contributed by atoms with Crippen LogP contribution in [0.4, 0.5) is 0 Å². The Morgan fingerprint density at radius 2 is 2.08 bits per heavy atom. The maximum Gasteiger partial charge on any atom is 0.230 e. The van der Waals surface area contributed by atoms with Gasteiger partial charge in [-0.25, -0.2) is 0 Å². The Bertz CT molecular complexity index is 191. The molecule has 1 heterocycles. The summed E-state index contributed by atoms with van der Waals surface area (Å²) in [5.74, 6) is 0.0417. The van der Waals surface area contributed by atoms with E-state index in [0.29, 0.717) is 0 Å². The Hall–Kier alpha value is -0.820. The molecule has 0 aromatic carbocycles. The van der Waals surface area contributed by atoms with Crippen molar-refractivity contribution in [3.8, 4) is 0 Å². The standard InChI is InChI=1S/C7H12O6/c8-1-4(9)6(10)7(11)5-2-12-3-13-5/h2,4,6-11H,1,3H2/t4-,6-,7-/m1/s1. The monoisotopic (exact) mass is 192 g/mol. The molecule has 0 saturated carbocycles. The first kappa shape index (κ1) is 10.3. The van der Waals surface area contributed by atoms with Crippen molar-refractivity contribution >= 4 is 0 Å². The molecular formula is C7H12O6. The van der Waals surface area contributed by atoms with Crippen molar-refractivity contribution < 1.29 is 29.9 Å². The third-order valence-electron chi connectivity index (χ3n) is 1.69. The van der Waals surface area contributed by atoms with Crippen LogP contribution in [0.5, 0.6) is 0 Å². The summed E-state index contributed by atoms with van der Waals surface area (Å²) in [6.07, 6.45) is -3.12. The summed E-state index contributed by atoms with van der Waals surface area (Å²) in [7, 11) is 0. The van der Waals surface area contributed by atoms with Crippen LogP contribution in [-0.2, 0) is 9.47 Å². The second kappa shape index (κ2) is 4.43. The number of hydrogen-bond acceptors (Lipinski definition) is 6. The SMILES string of the molecule is OC[C@@H](O)[C@@H](O)[C@H](O)C1=COCO1. The van der Waals surface area contributed by atoms with Crippen LogP contribution in [0.25, 0.3) is 0 Å². The van der Waals surface area contributed by atoms with Gasteiger partial charge in [0.05, 0.1) is 6.61 Å². The van der Waals surface area contributed by atoms with Crippen molar-refractivity contribution in [1.82, 2.24) is 0 Å². The topological polar surface area (TPSA) is 99.4 Å². The van der Waals surface area contributed by atoms with Gasteiger partial charge in [-0.3, -0.25) is 0 Å². The molecule has 1 rings (SSSR count). The zero-order valence-corrected chi connectivity index (χ0v) is 6.83. The van der Waals surface area contributed by atoms with Gasteiger partial charge >= 0.3 is 0 Å². The van der Waals surface area contributed by atoms with Crippen LogP contribution >= 0.6 is 0 Å². The second-order valence-corrected chi connectivity index (χ2v) is 2.63. The quantitative estimate of drug-likeness (QED) is 0.407. The highest BCUT2D eigenvalue weighted by molar-refractivity contribution is 5.02. The van der Waals surface area contributed by atoms with Crippen LogP contribution in [0.2, 0.25) is 0 Å². The summed E-state index contributed by atoms with van der Waals surface area (Å²) in [4.78, 5) is 0. The minimum Gasteiger partial charge on any atom is -0.462 e. The fraction of sp³-hybridized carbons (Fsp3) is 0.714. The Labute approximate surface area is 74.6 Å². The molecule has 6 nitrogen and oxygen atoms in total. The first-order valence-corrected chi connectivity index (χ1v) is 3.76. The molecule has 0 spiro atoms. The van der Waals surface area contributed by atoms with Gasteiger partial charge in [0.2, 0.25) is 6.79 Å². The van der Waals surface area contributed by atoms with Gasteiger partial charge < -0.3 is 29.9 Å². The molecule has 0 unspecified atom stereocenters. The van der Waals surface area contributed by atoms with E-state index in [1.165, 1.54) is 0 Å². The summed E-state index contributed by atoms with van der Waals surface area (Å²) in [5.41, 5.74) is 0. The van der Waals surface area contributed by atoms with Crippen molar-refractivity contribution in [2.45, 2.75) is 18.3 Å². The van der Waals surface area contributed by atoms with E-state index in [1.807, 2.05) is 0 Å². The van der Waals surface area contributed by atoms with E-state index in [1.54, 1.807) is 0 Å². The van der Waals surface area contributed by atoms with Crippen LogP contribution in [-0.4, -0.2) is 52.1 Å². The summed E-state index contributed by atoms with van der Waals surface area (Å²) in [5, 5.41) is 36.0. The number of aliphatic hydroxyl groups excluding tert-OH is 4. The van der Waals surface area contributed by atoms with Crippen molar-refractivity contribution in [2.75, 3.05) is 13.4 Å². The predicted octanol–water partition coefficient (Wildman–Crippen LogP) is -2.09. The van der Waals surface area contributed by atoms with Gasteiger partial charge in [-0.05, 0) is 0 Å². The predicted molar refractivity (Wildman–Crippen MR) is 40.2 cm³/mol. The van der Waals surface area contributed by atoms with Crippen molar-refractivity contribution in [1.29, 1.82) is 0 Å². The minimum absolute atomic E-state index is 0.0195. The third kappa shape index (κ3) is 2.31. The molecule has 0 bridgehead atoms. The first-order valence-electron chi connectivity index (χ1n) is 3.76. The van der Waals surface area contributed by atoms with E-state index < -0.39 is 24.9 Å². The van der Waals surface area contributed by atoms with Gasteiger partial charge in [0, 0.05) is 0 Å². The van der Waals surface area contributed by atoms with Gasteiger partial charge in [-0.1, -0.05) is 0 Å². The third-order valence-corrected chi connectivity index (χ3v) is 1.69. The number of hydrogen-bond donors (Lipinski definition) is 4. The molecular weight excluding hydrogens is 180 g/mol. The van der Waals surface area contributed by atoms with Crippen LogP contribution in [0.3, 0.4) is 0 Å².